The maximum atomic E-state index is 9.00. The first-order valence-corrected chi connectivity index (χ1v) is 8.28. The second kappa shape index (κ2) is 6.15. The number of hydrogen-bond acceptors (Lipinski definition) is 6. The van der Waals surface area contributed by atoms with Gasteiger partial charge in [0.1, 0.15) is 12.1 Å². The number of fused-ring (bicyclic) bond motifs is 1. The number of anilines is 1. The van der Waals surface area contributed by atoms with Gasteiger partial charge in [-0.05, 0) is 32.6 Å². The molecule has 0 N–H and O–H groups in total. The summed E-state index contributed by atoms with van der Waals surface area (Å²) >= 11 is 0. The van der Waals surface area contributed by atoms with E-state index in [1.54, 1.807) is 4.52 Å². The molecule has 0 amide bonds. The van der Waals surface area contributed by atoms with E-state index in [0.717, 1.165) is 36.6 Å². The van der Waals surface area contributed by atoms with Crippen LogP contribution in [0.5, 0.6) is 0 Å². The molecule has 7 nitrogen and oxygen atoms in total. The van der Waals surface area contributed by atoms with Crippen LogP contribution in [0, 0.1) is 11.3 Å². The van der Waals surface area contributed by atoms with Crippen LogP contribution in [-0.2, 0) is 0 Å². The standard InChI is InChI=1S/C18H19N7/c1-23(2)15-7-8-24(11-15)17-9-16(25-18(22-17)20-12-21-25)14-5-3-13(10-19)4-6-14/h3-6,9,12,15H,7-8,11H2,1-2H3. The van der Waals surface area contributed by atoms with Gasteiger partial charge in [-0.25, -0.2) is 0 Å². The van der Waals surface area contributed by atoms with E-state index in [-0.39, 0.29) is 0 Å². The summed E-state index contributed by atoms with van der Waals surface area (Å²) in [4.78, 5) is 13.5. The normalized spacial score (nSPS) is 17.4. The molecule has 0 saturated carbocycles. The number of likely N-dealkylation sites (N-methyl/N-ethyl adjacent to an activating group) is 1. The van der Waals surface area contributed by atoms with E-state index in [1.807, 2.05) is 24.3 Å². The lowest BCUT2D eigenvalue weighted by Gasteiger charge is -2.21. The van der Waals surface area contributed by atoms with Crippen molar-refractivity contribution in [3.63, 3.8) is 0 Å². The molecule has 126 valence electrons. The molecule has 2 aromatic heterocycles. The lowest BCUT2D eigenvalue weighted by atomic mass is 10.1. The monoisotopic (exact) mass is 333 g/mol. The van der Waals surface area contributed by atoms with Crippen LogP contribution in [0.3, 0.4) is 0 Å². The summed E-state index contributed by atoms with van der Waals surface area (Å²) in [7, 11) is 4.23. The Morgan fingerprint density at radius 2 is 2.04 bits per heavy atom. The summed E-state index contributed by atoms with van der Waals surface area (Å²) in [5.41, 5.74) is 2.55. The number of aromatic nitrogens is 4. The largest absolute Gasteiger partial charge is 0.355 e. The first-order valence-electron chi connectivity index (χ1n) is 8.28. The fraction of sp³-hybridized carbons (Fsp3) is 0.333. The zero-order chi connectivity index (χ0) is 17.4. The Kier molecular flexibility index (Phi) is 3.82. The van der Waals surface area contributed by atoms with Gasteiger partial charge in [-0.2, -0.15) is 24.8 Å². The van der Waals surface area contributed by atoms with Crippen molar-refractivity contribution in [1.82, 2.24) is 24.5 Å². The third kappa shape index (κ3) is 2.81. The van der Waals surface area contributed by atoms with Gasteiger partial charge in [-0.1, -0.05) is 12.1 Å². The van der Waals surface area contributed by atoms with Crippen molar-refractivity contribution in [1.29, 1.82) is 5.26 Å². The van der Waals surface area contributed by atoms with Crippen molar-refractivity contribution in [2.24, 2.45) is 0 Å². The van der Waals surface area contributed by atoms with Gasteiger partial charge in [-0.3, -0.25) is 0 Å². The highest BCUT2D eigenvalue weighted by Gasteiger charge is 2.26. The van der Waals surface area contributed by atoms with Gasteiger partial charge in [0.15, 0.2) is 0 Å². The molecule has 1 saturated heterocycles. The molecular formula is C18H19N7. The van der Waals surface area contributed by atoms with Crippen LogP contribution in [-0.4, -0.2) is 57.7 Å². The molecule has 1 unspecified atom stereocenters. The summed E-state index contributed by atoms with van der Waals surface area (Å²) in [5.74, 6) is 1.51. The second-order valence-corrected chi connectivity index (χ2v) is 6.51. The third-order valence-electron chi connectivity index (χ3n) is 4.77. The molecule has 4 rings (SSSR count). The van der Waals surface area contributed by atoms with E-state index in [2.05, 4.69) is 51.1 Å². The Morgan fingerprint density at radius 1 is 1.24 bits per heavy atom. The summed E-state index contributed by atoms with van der Waals surface area (Å²) in [6.45, 7) is 1.93. The van der Waals surface area contributed by atoms with Crippen LogP contribution in [0.2, 0.25) is 0 Å². The van der Waals surface area contributed by atoms with Gasteiger partial charge in [0.25, 0.3) is 5.78 Å². The molecular weight excluding hydrogens is 314 g/mol. The molecule has 1 aromatic carbocycles. The topological polar surface area (TPSA) is 73.3 Å². The quantitative estimate of drug-likeness (QED) is 0.728. The van der Waals surface area contributed by atoms with E-state index in [1.165, 1.54) is 6.33 Å². The zero-order valence-electron chi connectivity index (χ0n) is 14.3. The van der Waals surface area contributed by atoms with E-state index < -0.39 is 0 Å². The molecule has 1 atom stereocenters. The van der Waals surface area contributed by atoms with Gasteiger partial charge in [0.05, 0.1) is 17.3 Å². The van der Waals surface area contributed by atoms with Crippen LogP contribution in [0.15, 0.2) is 36.7 Å². The van der Waals surface area contributed by atoms with Gasteiger partial charge in [0, 0.05) is 30.8 Å². The average Bonchev–Trinajstić information content (AvgIpc) is 3.30. The third-order valence-corrected chi connectivity index (χ3v) is 4.77. The molecule has 0 radical (unpaired) electrons. The smallest absolute Gasteiger partial charge is 0.254 e. The van der Waals surface area contributed by atoms with Crippen LogP contribution in [0.4, 0.5) is 5.82 Å². The van der Waals surface area contributed by atoms with Crippen LogP contribution in [0.25, 0.3) is 17.0 Å². The van der Waals surface area contributed by atoms with Crippen molar-refractivity contribution in [3.05, 3.63) is 42.2 Å². The minimum atomic E-state index is 0.536. The van der Waals surface area contributed by atoms with E-state index in [0.29, 0.717) is 17.4 Å². The fourth-order valence-corrected chi connectivity index (χ4v) is 3.25. The summed E-state index contributed by atoms with van der Waals surface area (Å²) in [5, 5.41) is 13.3. The van der Waals surface area contributed by atoms with Crippen LogP contribution in [0.1, 0.15) is 12.0 Å². The molecule has 1 fully saturated rings. The number of rotatable bonds is 3. The molecule has 25 heavy (non-hydrogen) atoms. The maximum absolute atomic E-state index is 9.00. The Hall–Kier alpha value is -2.98. The van der Waals surface area contributed by atoms with Crippen LogP contribution >= 0.6 is 0 Å². The Bertz CT molecular complexity index is 936. The van der Waals surface area contributed by atoms with Crippen LogP contribution < -0.4 is 4.90 Å². The minimum Gasteiger partial charge on any atom is -0.355 e. The molecule has 1 aliphatic heterocycles. The van der Waals surface area contributed by atoms with Gasteiger partial charge < -0.3 is 9.80 Å². The SMILES string of the molecule is CN(C)C1CCN(c2cc(-c3ccc(C#N)cc3)n3ncnc3n2)C1. The molecule has 0 bridgehead atoms. The number of benzene rings is 1. The summed E-state index contributed by atoms with van der Waals surface area (Å²) < 4.78 is 1.74. The zero-order valence-corrected chi connectivity index (χ0v) is 14.3. The first-order chi connectivity index (χ1) is 12.2. The van der Waals surface area contributed by atoms with E-state index in [4.69, 9.17) is 5.26 Å². The Balaban J connectivity index is 1.76. The van der Waals surface area contributed by atoms with Gasteiger partial charge >= 0.3 is 0 Å². The molecule has 3 aromatic rings. The second-order valence-electron chi connectivity index (χ2n) is 6.51. The number of nitrogens with zero attached hydrogens (tertiary/aromatic N) is 7. The van der Waals surface area contributed by atoms with E-state index >= 15 is 0 Å². The van der Waals surface area contributed by atoms with Crippen molar-refractivity contribution < 1.29 is 0 Å². The van der Waals surface area contributed by atoms with Crippen molar-refractivity contribution in [2.75, 3.05) is 32.1 Å². The highest BCUT2D eigenvalue weighted by Crippen LogP contribution is 2.27. The molecule has 7 heteroatoms. The minimum absolute atomic E-state index is 0.536. The number of hydrogen-bond donors (Lipinski definition) is 0. The number of nitriles is 1. The molecule has 0 aliphatic carbocycles. The van der Waals surface area contributed by atoms with Crippen molar-refractivity contribution >= 4 is 11.6 Å². The highest BCUT2D eigenvalue weighted by atomic mass is 15.3. The van der Waals surface area contributed by atoms with Gasteiger partial charge in [0.2, 0.25) is 0 Å². The predicted octanol–water partition coefficient (Wildman–Crippen LogP) is 1.80. The summed E-state index contributed by atoms with van der Waals surface area (Å²) in [6.07, 6.45) is 2.64. The fourth-order valence-electron chi connectivity index (χ4n) is 3.25. The average molecular weight is 333 g/mol. The Labute approximate surface area is 146 Å². The van der Waals surface area contributed by atoms with Crippen molar-refractivity contribution in [3.8, 4) is 17.3 Å². The lowest BCUT2D eigenvalue weighted by molar-refractivity contribution is 0.315. The Morgan fingerprint density at radius 3 is 2.72 bits per heavy atom. The lowest BCUT2D eigenvalue weighted by Crippen LogP contribution is -2.31. The first kappa shape index (κ1) is 15.5. The molecule has 1 aliphatic rings. The van der Waals surface area contributed by atoms with E-state index in [9.17, 15) is 0 Å². The molecule has 3 heterocycles. The van der Waals surface area contributed by atoms with Crippen molar-refractivity contribution in [2.45, 2.75) is 12.5 Å². The summed E-state index contributed by atoms with van der Waals surface area (Å²) in [6, 6.07) is 12.2. The van der Waals surface area contributed by atoms with Gasteiger partial charge in [-0.15, -0.1) is 0 Å². The predicted molar refractivity (Wildman–Crippen MR) is 95.2 cm³/mol. The maximum Gasteiger partial charge on any atom is 0.254 e. The molecule has 0 spiro atoms. The highest BCUT2D eigenvalue weighted by molar-refractivity contribution is 5.67.